The Labute approximate surface area is 125 Å². The molecule has 0 aliphatic rings. The van der Waals surface area contributed by atoms with Gasteiger partial charge in [0.2, 0.25) is 5.88 Å². The molecule has 0 saturated carbocycles. The van der Waals surface area contributed by atoms with Gasteiger partial charge in [0.15, 0.2) is 0 Å². The van der Waals surface area contributed by atoms with Crippen LogP contribution in [0.25, 0.3) is 0 Å². The van der Waals surface area contributed by atoms with Gasteiger partial charge in [-0.2, -0.15) is 0 Å². The molecule has 0 aliphatic carbocycles. The highest BCUT2D eigenvalue weighted by molar-refractivity contribution is 5.38. The quantitative estimate of drug-likeness (QED) is 0.883. The molecule has 5 nitrogen and oxygen atoms in total. The Morgan fingerprint density at radius 3 is 2.62 bits per heavy atom. The standard InChI is InChI=1S/C16H21N3O2/c1-11-5-6-15(20-3)12(7-11)8-13(17-2)14-9-16(21-4)19-10-18-14/h5-7,9-10,13,17H,8H2,1-4H3. The topological polar surface area (TPSA) is 56.3 Å². The van der Waals surface area contributed by atoms with Crippen LogP contribution in [0.1, 0.15) is 22.9 Å². The molecule has 0 aliphatic heterocycles. The molecule has 21 heavy (non-hydrogen) atoms. The van der Waals surface area contributed by atoms with Crippen molar-refractivity contribution in [1.29, 1.82) is 0 Å². The lowest BCUT2D eigenvalue weighted by molar-refractivity contribution is 0.393. The molecule has 1 aromatic heterocycles. The number of ether oxygens (including phenoxy) is 2. The normalized spacial score (nSPS) is 12.0. The van der Waals surface area contributed by atoms with Gasteiger partial charge in [-0.15, -0.1) is 0 Å². The van der Waals surface area contributed by atoms with Crippen LogP contribution in [0.4, 0.5) is 0 Å². The second-order valence-corrected chi connectivity index (χ2v) is 4.85. The maximum absolute atomic E-state index is 5.44. The summed E-state index contributed by atoms with van der Waals surface area (Å²) in [4.78, 5) is 8.38. The van der Waals surface area contributed by atoms with Gasteiger partial charge in [-0.3, -0.25) is 0 Å². The number of aryl methyl sites for hydroxylation is 1. The predicted molar refractivity (Wildman–Crippen MR) is 81.8 cm³/mol. The van der Waals surface area contributed by atoms with Gasteiger partial charge in [0, 0.05) is 6.07 Å². The molecule has 1 aromatic carbocycles. The van der Waals surface area contributed by atoms with Crippen molar-refractivity contribution in [2.75, 3.05) is 21.3 Å². The molecule has 0 spiro atoms. The van der Waals surface area contributed by atoms with Crippen molar-refractivity contribution in [3.05, 3.63) is 47.4 Å². The van der Waals surface area contributed by atoms with Crippen LogP contribution in [0.3, 0.4) is 0 Å². The number of rotatable bonds is 6. The van der Waals surface area contributed by atoms with Gasteiger partial charge in [-0.1, -0.05) is 17.7 Å². The van der Waals surface area contributed by atoms with Gasteiger partial charge in [-0.25, -0.2) is 9.97 Å². The Kier molecular flexibility index (Phi) is 5.11. The van der Waals surface area contributed by atoms with Gasteiger partial charge >= 0.3 is 0 Å². The summed E-state index contributed by atoms with van der Waals surface area (Å²) in [5, 5.41) is 3.29. The van der Waals surface area contributed by atoms with Gasteiger partial charge in [0.1, 0.15) is 12.1 Å². The summed E-state index contributed by atoms with van der Waals surface area (Å²) in [6, 6.07) is 8.10. The zero-order valence-electron chi connectivity index (χ0n) is 12.9. The fraction of sp³-hybridized carbons (Fsp3) is 0.375. The zero-order chi connectivity index (χ0) is 15.2. The molecule has 0 bridgehead atoms. The molecule has 1 heterocycles. The van der Waals surface area contributed by atoms with Gasteiger partial charge in [0.25, 0.3) is 0 Å². The van der Waals surface area contributed by atoms with Crippen LogP contribution < -0.4 is 14.8 Å². The van der Waals surface area contributed by atoms with E-state index in [1.807, 2.05) is 25.2 Å². The van der Waals surface area contributed by atoms with E-state index in [9.17, 15) is 0 Å². The van der Waals surface area contributed by atoms with Crippen molar-refractivity contribution < 1.29 is 9.47 Å². The van der Waals surface area contributed by atoms with Gasteiger partial charge in [0.05, 0.1) is 26.0 Å². The van der Waals surface area contributed by atoms with Gasteiger partial charge < -0.3 is 14.8 Å². The van der Waals surface area contributed by atoms with Crippen LogP contribution in [0.15, 0.2) is 30.6 Å². The summed E-state index contributed by atoms with van der Waals surface area (Å²) in [6.45, 7) is 2.07. The maximum Gasteiger partial charge on any atom is 0.216 e. The Bertz CT molecular complexity index is 602. The van der Waals surface area contributed by atoms with Crippen molar-refractivity contribution >= 4 is 0 Å². The largest absolute Gasteiger partial charge is 0.496 e. The third-order valence-electron chi connectivity index (χ3n) is 3.44. The van der Waals surface area contributed by atoms with E-state index in [2.05, 4.69) is 28.3 Å². The van der Waals surface area contributed by atoms with Crippen molar-refractivity contribution in [3.8, 4) is 11.6 Å². The van der Waals surface area contributed by atoms with Crippen LogP contribution in [0, 0.1) is 6.92 Å². The molecule has 1 unspecified atom stereocenters. The average molecular weight is 287 g/mol. The van der Waals surface area contributed by atoms with E-state index in [0.29, 0.717) is 5.88 Å². The van der Waals surface area contributed by atoms with Gasteiger partial charge in [-0.05, 0) is 32.0 Å². The Balaban J connectivity index is 2.28. The zero-order valence-corrected chi connectivity index (χ0v) is 12.9. The molecule has 2 rings (SSSR count). The minimum atomic E-state index is 0.0672. The molecule has 0 amide bonds. The van der Waals surface area contributed by atoms with Crippen LogP contribution in [0.5, 0.6) is 11.6 Å². The molecule has 0 fully saturated rings. The first-order valence-electron chi connectivity index (χ1n) is 6.84. The Morgan fingerprint density at radius 2 is 1.95 bits per heavy atom. The molecule has 0 saturated heterocycles. The number of hydrogen-bond acceptors (Lipinski definition) is 5. The van der Waals surface area contributed by atoms with E-state index in [1.54, 1.807) is 14.2 Å². The van der Waals surface area contributed by atoms with Crippen LogP contribution in [-0.2, 0) is 6.42 Å². The van der Waals surface area contributed by atoms with E-state index >= 15 is 0 Å². The fourth-order valence-corrected chi connectivity index (χ4v) is 2.30. The van der Waals surface area contributed by atoms with Crippen LogP contribution in [-0.4, -0.2) is 31.2 Å². The van der Waals surface area contributed by atoms with E-state index in [4.69, 9.17) is 9.47 Å². The molecule has 112 valence electrons. The molecule has 2 aromatic rings. The lowest BCUT2D eigenvalue weighted by Crippen LogP contribution is -2.20. The number of nitrogens with zero attached hydrogens (tertiary/aromatic N) is 2. The highest BCUT2D eigenvalue weighted by Gasteiger charge is 2.15. The minimum Gasteiger partial charge on any atom is -0.496 e. The summed E-state index contributed by atoms with van der Waals surface area (Å²) < 4.78 is 10.6. The first kappa shape index (κ1) is 15.3. The summed E-state index contributed by atoms with van der Waals surface area (Å²) in [7, 11) is 5.21. The number of nitrogens with one attached hydrogen (secondary N) is 1. The number of aromatic nitrogens is 2. The van der Waals surface area contributed by atoms with E-state index < -0.39 is 0 Å². The second-order valence-electron chi connectivity index (χ2n) is 4.85. The van der Waals surface area contributed by atoms with Crippen LogP contribution in [0.2, 0.25) is 0 Å². The molecular formula is C16H21N3O2. The van der Waals surface area contributed by atoms with E-state index in [0.717, 1.165) is 23.4 Å². The number of hydrogen-bond donors (Lipinski definition) is 1. The SMILES string of the molecule is CNC(Cc1cc(C)ccc1OC)c1cc(OC)ncn1. The summed E-state index contributed by atoms with van der Waals surface area (Å²) in [5.74, 6) is 1.46. The molecule has 5 heteroatoms. The van der Waals surface area contributed by atoms with E-state index in [1.165, 1.54) is 11.9 Å². The third kappa shape index (κ3) is 3.70. The molecule has 1 N–H and O–H groups in total. The minimum absolute atomic E-state index is 0.0672. The second kappa shape index (κ2) is 7.04. The molecule has 0 radical (unpaired) electrons. The lowest BCUT2D eigenvalue weighted by atomic mass is 10.0. The number of benzene rings is 1. The highest BCUT2D eigenvalue weighted by Crippen LogP contribution is 2.26. The van der Waals surface area contributed by atoms with Crippen molar-refractivity contribution in [3.63, 3.8) is 0 Å². The monoisotopic (exact) mass is 287 g/mol. The number of likely N-dealkylation sites (N-methyl/N-ethyl adjacent to an activating group) is 1. The smallest absolute Gasteiger partial charge is 0.216 e. The fourth-order valence-electron chi connectivity index (χ4n) is 2.30. The van der Waals surface area contributed by atoms with Crippen molar-refractivity contribution in [2.24, 2.45) is 0 Å². The highest BCUT2D eigenvalue weighted by atomic mass is 16.5. The summed E-state index contributed by atoms with van der Waals surface area (Å²) in [6.07, 6.45) is 2.30. The maximum atomic E-state index is 5.44. The first-order chi connectivity index (χ1) is 10.2. The molecule has 1 atom stereocenters. The average Bonchev–Trinajstić information content (AvgIpc) is 2.52. The third-order valence-corrected chi connectivity index (χ3v) is 3.44. The first-order valence-corrected chi connectivity index (χ1v) is 6.84. The molecular weight excluding hydrogens is 266 g/mol. The van der Waals surface area contributed by atoms with E-state index in [-0.39, 0.29) is 6.04 Å². The summed E-state index contributed by atoms with van der Waals surface area (Å²) in [5.41, 5.74) is 3.25. The Hall–Kier alpha value is -2.14. The lowest BCUT2D eigenvalue weighted by Gasteiger charge is -2.18. The predicted octanol–water partition coefficient (Wildman–Crippen LogP) is 2.31. The number of methoxy groups -OCH3 is 2. The van der Waals surface area contributed by atoms with Crippen molar-refractivity contribution in [1.82, 2.24) is 15.3 Å². The Morgan fingerprint density at radius 1 is 1.14 bits per heavy atom. The van der Waals surface area contributed by atoms with Crippen molar-refractivity contribution in [2.45, 2.75) is 19.4 Å². The van der Waals surface area contributed by atoms with Crippen LogP contribution >= 0.6 is 0 Å². The summed E-state index contributed by atoms with van der Waals surface area (Å²) >= 11 is 0.